The number of rotatable bonds is 51. The van der Waals surface area contributed by atoms with Gasteiger partial charge in [-0.1, -0.05) is 169 Å². The fraction of sp³-hybridized carbons (Fsp3) is 0.411. The van der Waals surface area contributed by atoms with E-state index in [4.69, 9.17) is 5.73 Å². The second-order valence-corrected chi connectivity index (χ2v) is 34.5. The monoisotopic (exact) mass is 1840 g/mol. The van der Waals surface area contributed by atoms with Gasteiger partial charge in [0.05, 0.1) is 31.8 Å². The van der Waals surface area contributed by atoms with Gasteiger partial charge in [0.25, 0.3) is 0 Å². The van der Waals surface area contributed by atoms with Crippen molar-refractivity contribution in [2.24, 2.45) is 17.6 Å². The van der Waals surface area contributed by atoms with Crippen molar-refractivity contribution in [3.63, 3.8) is 0 Å². The molecule has 10 unspecified atom stereocenters. The quantitative estimate of drug-likeness (QED) is 0.0260. The Balaban J connectivity index is 1.000. The van der Waals surface area contributed by atoms with Gasteiger partial charge < -0.3 is 104 Å². The van der Waals surface area contributed by atoms with Crippen molar-refractivity contribution in [1.29, 1.82) is 0 Å². The summed E-state index contributed by atoms with van der Waals surface area (Å²) < 4.78 is 0. The van der Waals surface area contributed by atoms with Crippen LogP contribution < -0.4 is 58.9 Å². The molecule has 0 saturated carbocycles. The van der Waals surface area contributed by atoms with Crippen LogP contribution in [0.5, 0.6) is 11.5 Å². The molecular formula is C95H121N17O19S. The van der Waals surface area contributed by atoms with Crippen LogP contribution in [0.25, 0.3) is 21.8 Å². The van der Waals surface area contributed by atoms with Gasteiger partial charge >= 0.3 is 5.97 Å². The van der Waals surface area contributed by atoms with E-state index >= 15 is 24.0 Å². The van der Waals surface area contributed by atoms with Crippen molar-refractivity contribution in [2.75, 3.05) is 66.4 Å². The summed E-state index contributed by atoms with van der Waals surface area (Å²) in [4.78, 5) is 238. The van der Waals surface area contributed by atoms with Crippen molar-refractivity contribution >= 4 is 128 Å². The van der Waals surface area contributed by atoms with Crippen molar-refractivity contribution in [1.82, 2.24) is 82.7 Å². The molecule has 2 aromatic heterocycles. The maximum atomic E-state index is 15.4. The van der Waals surface area contributed by atoms with E-state index < -0.39 is 181 Å². The second kappa shape index (κ2) is 50.7. The van der Waals surface area contributed by atoms with Crippen LogP contribution in [0.4, 0.5) is 0 Å². The van der Waals surface area contributed by atoms with Crippen LogP contribution in [0.3, 0.4) is 0 Å². The molecule has 8 rings (SSSR count). The number of aliphatic carboxylic acids is 1. The molecule has 17 N–H and O–H groups in total. The summed E-state index contributed by atoms with van der Waals surface area (Å²) in [5.74, 6) is -15.6. The van der Waals surface area contributed by atoms with E-state index in [0.717, 1.165) is 48.5 Å². The number of aryl methyl sites for hydroxylation is 1. The number of unbranched alkanes of at least 4 members (excludes halogenated alkanes) is 1. The Morgan fingerprint density at radius 2 is 0.902 bits per heavy atom. The first kappa shape index (κ1) is 103. The van der Waals surface area contributed by atoms with Crippen LogP contribution in [0.1, 0.15) is 107 Å². The number of para-hydroxylation sites is 2. The molecule has 0 spiro atoms. The molecule has 10 atom stereocenters. The number of likely N-dealkylation sites (N-methyl/N-ethyl adjacent to an activating group) is 5. The van der Waals surface area contributed by atoms with Crippen molar-refractivity contribution in [3.05, 3.63) is 203 Å². The molecule has 132 heavy (non-hydrogen) atoms. The highest BCUT2D eigenvalue weighted by Gasteiger charge is 2.40. The molecule has 0 aliphatic heterocycles. The number of phenolic OH excluding ortho intramolecular Hbond substituents is 2. The van der Waals surface area contributed by atoms with E-state index in [1.165, 1.54) is 88.7 Å². The van der Waals surface area contributed by atoms with Crippen molar-refractivity contribution in [2.45, 2.75) is 172 Å². The molecular weight excluding hydrogens is 1720 g/mol. The number of hydrogen-bond donors (Lipinski definition) is 16. The van der Waals surface area contributed by atoms with Gasteiger partial charge in [0.2, 0.25) is 88.6 Å². The van der Waals surface area contributed by atoms with Gasteiger partial charge in [0.1, 0.15) is 71.9 Å². The lowest BCUT2D eigenvalue weighted by Gasteiger charge is -2.34. The Morgan fingerprint density at radius 1 is 0.447 bits per heavy atom. The number of aromatic nitrogens is 2. The summed E-state index contributed by atoms with van der Waals surface area (Å²) in [6, 6.07) is 29.1. The number of amides is 15. The third kappa shape index (κ3) is 31.6. The van der Waals surface area contributed by atoms with Gasteiger partial charge in [-0.2, -0.15) is 0 Å². The number of nitrogens with one attached hydrogen (secondary N) is 12. The first-order chi connectivity index (χ1) is 62.9. The molecule has 2 heterocycles. The predicted molar refractivity (Wildman–Crippen MR) is 496 cm³/mol. The number of nitrogens with two attached hydrogens (primary N) is 1. The average molecular weight is 1840 g/mol. The Kier molecular flexibility index (Phi) is 39.7. The fourth-order valence-electron chi connectivity index (χ4n) is 15.0. The average Bonchev–Trinajstić information content (AvgIpc) is 1.66. The van der Waals surface area contributed by atoms with Crippen molar-refractivity contribution < 1.29 is 92.0 Å². The zero-order valence-electron chi connectivity index (χ0n) is 75.8. The number of carbonyl (C=O) groups excluding carboxylic acids is 15. The Labute approximate surface area is 770 Å². The molecule has 36 nitrogen and oxygen atoms in total. The molecule has 0 aliphatic carbocycles. The number of benzene rings is 6. The van der Waals surface area contributed by atoms with Crippen LogP contribution >= 0.6 is 11.8 Å². The van der Waals surface area contributed by atoms with Crippen LogP contribution in [-0.2, 0) is 115 Å². The fourth-order valence-corrected chi connectivity index (χ4v) is 15.9. The number of fused-ring (bicyclic) bond motifs is 2. The lowest BCUT2D eigenvalue weighted by molar-refractivity contribution is -0.146. The molecule has 0 radical (unpaired) electrons. The first-order valence-electron chi connectivity index (χ1n) is 43.6. The minimum absolute atomic E-state index is 0.0563. The number of hydrogen-bond acceptors (Lipinski definition) is 19. The Hall–Kier alpha value is -14.1. The summed E-state index contributed by atoms with van der Waals surface area (Å²) in [6.07, 6.45) is 3.50. The predicted octanol–water partition coefficient (Wildman–Crippen LogP) is 3.10. The van der Waals surface area contributed by atoms with E-state index in [-0.39, 0.29) is 86.2 Å². The molecule has 0 fully saturated rings. The maximum absolute atomic E-state index is 15.4. The minimum Gasteiger partial charge on any atom is -0.508 e. The number of H-pyrrole nitrogens is 2. The molecule has 37 heteroatoms. The summed E-state index contributed by atoms with van der Waals surface area (Å²) in [5, 5.41) is 58.8. The third-order valence-electron chi connectivity index (χ3n) is 22.3. The van der Waals surface area contributed by atoms with Crippen LogP contribution in [0, 0.1) is 11.8 Å². The molecule has 0 bridgehead atoms. The molecule has 8 aromatic rings. The van der Waals surface area contributed by atoms with E-state index in [1.807, 2.05) is 37.4 Å². The zero-order chi connectivity index (χ0) is 96.4. The van der Waals surface area contributed by atoms with Crippen molar-refractivity contribution in [3.8, 4) is 11.5 Å². The van der Waals surface area contributed by atoms with Crippen LogP contribution in [0.15, 0.2) is 170 Å². The van der Waals surface area contributed by atoms with Gasteiger partial charge in [0.15, 0.2) is 0 Å². The summed E-state index contributed by atoms with van der Waals surface area (Å²) in [7, 11) is 6.83. The van der Waals surface area contributed by atoms with Crippen LogP contribution in [-0.4, -0.2) is 266 Å². The lowest BCUT2D eigenvalue weighted by atomic mass is 9.98. The largest absolute Gasteiger partial charge is 0.508 e. The number of carbonyl (C=O) groups is 16. The maximum Gasteiger partial charge on any atom is 0.305 e. The third-order valence-corrected chi connectivity index (χ3v) is 23.3. The van der Waals surface area contributed by atoms with Gasteiger partial charge in [-0.05, 0) is 101 Å². The summed E-state index contributed by atoms with van der Waals surface area (Å²) in [5.41, 5.74) is 10.5. The van der Waals surface area contributed by atoms with E-state index in [2.05, 4.69) is 63.1 Å². The number of nitrogens with zero attached hydrogens (tertiary/aromatic N) is 4. The van der Waals surface area contributed by atoms with E-state index in [9.17, 15) is 68.1 Å². The smallest absolute Gasteiger partial charge is 0.305 e. The number of aromatic hydroxyl groups is 2. The SMILES string of the molecule is CCCCC(C(=O)N(C)CC(=O)NC(CC(=O)O)C(=O)NC(C(=O)N(C)C(Cc1ccccc1)C(=O)NC(Cc1ccc(O)cc1)C(=O)N(C)CC(=O)NC(Cc1c[nH]c2ccccc12)C(=O)NC(Cc1ccc(O)cc1)C(=O)NC(CC(C)C)C(=O)NC(CSCC(=O)NC(Cc1ccccc1)C(=O)NC)C(=O)NCC(N)=O)C(C)C)N(C)C(=O)CCc1c[nH]c2ccccc12. The summed E-state index contributed by atoms with van der Waals surface area (Å²) >= 11 is 0.912. The number of carboxylic acids is 1. The summed E-state index contributed by atoms with van der Waals surface area (Å²) in [6.45, 7) is 6.48. The normalized spacial score (nSPS) is 13.5. The standard InChI is InChI=1S/C95H121N17O19S/c1-11-12-31-77(111(9)83(119)41-36-62-49-98-68-29-21-19-27-66(62)68)94(130)110(8)53-81(117)102-74(48-84(120)121)91(127)108-85(57(4)5)95(131)112(10)78(46-59-25-17-14-18-26-59)92(128)106-75(45-61-34-39-65(114)40-35-61)93(129)109(7)52-80(116)101-73(47-63-50-99-69-30-22-20-28-67(63)69)90(126)105-72(44-60-32-37-64(113)38-33-60)89(125)104-70(42-56(2)3)88(124)107-76(87(123)100-51-79(96)115)54-132-55-82(118)103-71(86(122)97-6)43-58-23-15-13-16-24-58/h13-30,32-35,37-40,49-50,56-57,70-78,85,98-99,113-114H,11-12,31,36,41-48,51-55H2,1-10H3,(H2,96,115)(H,97,122)(H,100,123)(H,101,116)(H,102,117)(H,103,118)(H,104,125)(H,105,126)(H,106,128)(H,107,124)(H,108,127)(H,120,121). The van der Waals surface area contributed by atoms with Crippen LogP contribution in [0.2, 0.25) is 0 Å². The molecule has 706 valence electrons. The zero-order valence-corrected chi connectivity index (χ0v) is 76.6. The Morgan fingerprint density at radius 3 is 1.44 bits per heavy atom. The number of phenols is 2. The van der Waals surface area contributed by atoms with Gasteiger partial charge in [-0.3, -0.25) is 76.7 Å². The molecule has 0 saturated heterocycles. The van der Waals surface area contributed by atoms with Gasteiger partial charge in [-0.25, -0.2) is 0 Å². The molecule has 0 aliphatic rings. The lowest BCUT2D eigenvalue weighted by Crippen LogP contribution is -2.61. The molecule has 15 amide bonds. The highest BCUT2D eigenvalue weighted by Crippen LogP contribution is 2.25. The minimum atomic E-state index is -1.83. The number of primary amides is 1. The number of aromatic amines is 2. The Bertz CT molecular complexity index is 5330. The highest BCUT2D eigenvalue weighted by molar-refractivity contribution is 8.00. The number of thioether (sulfide) groups is 1. The highest BCUT2D eigenvalue weighted by atomic mass is 32.2. The first-order valence-corrected chi connectivity index (χ1v) is 44.8. The topological polar surface area (TPSA) is 525 Å². The van der Waals surface area contributed by atoms with E-state index in [1.54, 1.807) is 119 Å². The number of carboxylic acid groups (broad SMARTS) is 1. The van der Waals surface area contributed by atoms with Gasteiger partial charge in [-0.15, -0.1) is 11.8 Å². The molecule has 6 aromatic carbocycles. The second-order valence-electron chi connectivity index (χ2n) is 33.4. The van der Waals surface area contributed by atoms with E-state index in [0.29, 0.717) is 52.4 Å². The van der Waals surface area contributed by atoms with Gasteiger partial charge in [0, 0.05) is 114 Å².